The Labute approximate surface area is 157 Å². The van der Waals surface area contributed by atoms with E-state index < -0.39 is 30.1 Å². The smallest absolute Gasteiger partial charge is 0.408 e. The third-order valence-electron chi connectivity index (χ3n) is 3.78. The molecule has 0 radical (unpaired) electrons. The van der Waals surface area contributed by atoms with Crippen molar-refractivity contribution in [3.05, 3.63) is 71.8 Å². The summed E-state index contributed by atoms with van der Waals surface area (Å²) in [7, 11) is 1.23. The highest BCUT2D eigenvalue weighted by Crippen LogP contribution is 2.14. The maximum atomic E-state index is 12.6. The lowest BCUT2D eigenvalue weighted by molar-refractivity contribution is -0.144. The highest BCUT2D eigenvalue weighted by Gasteiger charge is 2.26. The number of nitrogens with one attached hydrogen (secondary N) is 2. The average Bonchev–Trinajstić information content (AvgIpc) is 2.71. The number of rotatable bonds is 7. The molecule has 0 heterocycles. The van der Waals surface area contributed by atoms with Crippen LogP contribution in [0.5, 0.6) is 0 Å². The summed E-state index contributed by atoms with van der Waals surface area (Å²) in [5.74, 6) is -1.13. The number of amides is 2. The van der Waals surface area contributed by atoms with Crippen molar-refractivity contribution in [2.24, 2.45) is 0 Å². The van der Waals surface area contributed by atoms with E-state index in [-0.39, 0.29) is 6.61 Å². The average molecular weight is 370 g/mol. The summed E-state index contributed by atoms with van der Waals surface area (Å²) in [6.07, 6.45) is -0.742. The fraction of sp³-hybridized carbons (Fsp3) is 0.250. The third kappa shape index (κ3) is 6.14. The number of methoxy groups -OCH3 is 1. The van der Waals surface area contributed by atoms with Gasteiger partial charge >= 0.3 is 12.1 Å². The largest absolute Gasteiger partial charge is 0.467 e. The van der Waals surface area contributed by atoms with Gasteiger partial charge in [-0.15, -0.1) is 0 Å². The molecule has 0 saturated carbocycles. The van der Waals surface area contributed by atoms with Gasteiger partial charge in [-0.25, -0.2) is 9.59 Å². The molecule has 0 bridgehead atoms. The van der Waals surface area contributed by atoms with Crippen molar-refractivity contribution in [3.63, 3.8) is 0 Å². The lowest BCUT2D eigenvalue weighted by Crippen LogP contribution is -2.46. The van der Waals surface area contributed by atoms with Crippen molar-refractivity contribution in [1.29, 1.82) is 0 Å². The van der Waals surface area contributed by atoms with Gasteiger partial charge in [-0.05, 0) is 18.1 Å². The molecule has 27 heavy (non-hydrogen) atoms. The predicted octanol–water partition coefficient (Wildman–Crippen LogP) is 2.33. The van der Waals surface area contributed by atoms with Crippen LogP contribution in [0.25, 0.3) is 0 Å². The molecular weight excluding hydrogens is 348 g/mol. The van der Waals surface area contributed by atoms with E-state index in [0.717, 1.165) is 5.56 Å². The molecule has 2 rings (SSSR count). The van der Waals surface area contributed by atoms with Crippen molar-refractivity contribution in [2.45, 2.75) is 25.6 Å². The van der Waals surface area contributed by atoms with E-state index >= 15 is 0 Å². The molecule has 2 atom stereocenters. The number of hydrogen-bond donors (Lipinski definition) is 2. The van der Waals surface area contributed by atoms with Gasteiger partial charge in [-0.1, -0.05) is 60.7 Å². The van der Waals surface area contributed by atoms with Crippen LogP contribution in [0.15, 0.2) is 60.7 Å². The van der Waals surface area contributed by atoms with E-state index in [1.807, 2.05) is 30.3 Å². The van der Waals surface area contributed by atoms with Gasteiger partial charge in [0.25, 0.3) is 0 Å². The van der Waals surface area contributed by atoms with Crippen molar-refractivity contribution in [2.75, 3.05) is 7.11 Å². The summed E-state index contributed by atoms with van der Waals surface area (Å²) >= 11 is 0. The van der Waals surface area contributed by atoms with Crippen LogP contribution in [0.3, 0.4) is 0 Å². The summed E-state index contributed by atoms with van der Waals surface area (Å²) in [6, 6.07) is 16.0. The quantitative estimate of drug-likeness (QED) is 0.730. The van der Waals surface area contributed by atoms with Gasteiger partial charge in [0.15, 0.2) is 0 Å². The molecule has 0 unspecified atom stereocenters. The Morgan fingerprint density at radius 1 is 0.926 bits per heavy atom. The summed E-state index contributed by atoms with van der Waals surface area (Å²) in [5, 5.41) is 5.06. The Bertz CT molecular complexity index is 764. The van der Waals surface area contributed by atoms with Gasteiger partial charge in [0.2, 0.25) is 5.91 Å². The van der Waals surface area contributed by atoms with Crippen LogP contribution >= 0.6 is 0 Å². The topological polar surface area (TPSA) is 93.7 Å². The zero-order chi connectivity index (χ0) is 19.6. The number of carbonyl (C=O) groups is 3. The van der Waals surface area contributed by atoms with Crippen molar-refractivity contribution >= 4 is 18.0 Å². The summed E-state index contributed by atoms with van der Waals surface area (Å²) in [6.45, 7) is 1.58. The van der Waals surface area contributed by atoms with E-state index in [4.69, 9.17) is 4.74 Å². The first kappa shape index (κ1) is 20.0. The molecule has 0 aliphatic heterocycles. The second-order valence-electron chi connectivity index (χ2n) is 5.80. The van der Waals surface area contributed by atoms with E-state index in [0.29, 0.717) is 5.56 Å². The molecule has 2 aromatic rings. The first-order valence-electron chi connectivity index (χ1n) is 8.41. The van der Waals surface area contributed by atoms with Crippen LogP contribution in [0.1, 0.15) is 24.1 Å². The highest BCUT2D eigenvalue weighted by molar-refractivity contribution is 5.90. The second kappa shape index (κ2) is 9.96. The molecule has 2 aromatic carbocycles. The van der Waals surface area contributed by atoms with Crippen molar-refractivity contribution in [3.8, 4) is 0 Å². The lowest BCUT2D eigenvalue weighted by Gasteiger charge is -2.20. The fourth-order valence-electron chi connectivity index (χ4n) is 2.36. The van der Waals surface area contributed by atoms with Crippen LogP contribution in [0, 0.1) is 0 Å². The van der Waals surface area contributed by atoms with Crippen molar-refractivity contribution in [1.82, 2.24) is 10.6 Å². The molecular formula is C20H22N2O5. The lowest BCUT2D eigenvalue weighted by atomic mass is 10.1. The van der Waals surface area contributed by atoms with Crippen LogP contribution < -0.4 is 10.6 Å². The SMILES string of the molecule is COC(=O)[C@H](C)NC(=O)[C@H](NC(=O)OCc1ccccc1)c1ccccc1. The zero-order valence-corrected chi connectivity index (χ0v) is 15.2. The molecule has 0 fully saturated rings. The normalized spacial score (nSPS) is 12.4. The Balaban J connectivity index is 2.05. The van der Waals surface area contributed by atoms with E-state index in [9.17, 15) is 14.4 Å². The molecule has 0 aromatic heterocycles. The first-order chi connectivity index (χ1) is 13.0. The molecule has 0 spiro atoms. The number of benzene rings is 2. The minimum atomic E-state index is -1.01. The summed E-state index contributed by atoms with van der Waals surface area (Å²) in [5.41, 5.74) is 1.39. The molecule has 0 aliphatic carbocycles. The number of ether oxygens (including phenoxy) is 2. The molecule has 7 heteroatoms. The Morgan fingerprint density at radius 3 is 2.11 bits per heavy atom. The maximum absolute atomic E-state index is 12.6. The molecule has 2 N–H and O–H groups in total. The highest BCUT2D eigenvalue weighted by atomic mass is 16.5. The Kier molecular flexibility index (Phi) is 7.37. The Morgan fingerprint density at radius 2 is 1.52 bits per heavy atom. The number of carbonyl (C=O) groups excluding carboxylic acids is 3. The summed E-state index contributed by atoms with van der Waals surface area (Å²) in [4.78, 5) is 36.3. The molecule has 0 saturated heterocycles. The van der Waals surface area contributed by atoms with E-state index in [2.05, 4.69) is 15.4 Å². The standard InChI is InChI=1S/C20H22N2O5/c1-14(19(24)26-2)21-18(23)17(16-11-7-4-8-12-16)22-20(25)27-13-15-9-5-3-6-10-15/h3-12,14,17H,13H2,1-2H3,(H,21,23)(H,22,25)/t14-,17+/m0/s1. The van der Waals surface area contributed by atoms with Gasteiger partial charge in [0.05, 0.1) is 7.11 Å². The van der Waals surface area contributed by atoms with Gasteiger partial charge in [-0.3, -0.25) is 4.79 Å². The fourth-order valence-corrected chi connectivity index (χ4v) is 2.36. The zero-order valence-electron chi connectivity index (χ0n) is 15.2. The minimum absolute atomic E-state index is 0.0777. The third-order valence-corrected chi connectivity index (χ3v) is 3.78. The van der Waals surface area contributed by atoms with Gasteiger partial charge < -0.3 is 20.1 Å². The molecule has 0 aliphatic rings. The number of esters is 1. The van der Waals surface area contributed by atoms with Gasteiger partial charge in [-0.2, -0.15) is 0 Å². The van der Waals surface area contributed by atoms with Crippen LogP contribution in [-0.2, 0) is 25.7 Å². The van der Waals surface area contributed by atoms with Gasteiger partial charge in [0.1, 0.15) is 18.7 Å². The predicted molar refractivity (Wildman–Crippen MR) is 98.6 cm³/mol. The molecule has 142 valence electrons. The van der Waals surface area contributed by atoms with Crippen molar-refractivity contribution < 1.29 is 23.9 Å². The van der Waals surface area contributed by atoms with E-state index in [1.54, 1.807) is 30.3 Å². The van der Waals surface area contributed by atoms with Gasteiger partial charge in [0, 0.05) is 0 Å². The number of alkyl carbamates (subject to hydrolysis) is 1. The monoisotopic (exact) mass is 370 g/mol. The second-order valence-corrected chi connectivity index (χ2v) is 5.80. The van der Waals surface area contributed by atoms with Crippen LogP contribution in [0.2, 0.25) is 0 Å². The summed E-state index contributed by atoms with van der Waals surface area (Å²) < 4.78 is 9.78. The molecule has 7 nitrogen and oxygen atoms in total. The van der Waals surface area contributed by atoms with Crippen LogP contribution in [-0.4, -0.2) is 31.1 Å². The maximum Gasteiger partial charge on any atom is 0.408 e. The van der Waals surface area contributed by atoms with Crippen LogP contribution in [0.4, 0.5) is 4.79 Å². The first-order valence-corrected chi connectivity index (χ1v) is 8.41. The minimum Gasteiger partial charge on any atom is -0.467 e. The number of hydrogen-bond acceptors (Lipinski definition) is 5. The Hall–Kier alpha value is -3.35. The van der Waals surface area contributed by atoms with E-state index in [1.165, 1.54) is 14.0 Å². The molecule has 2 amide bonds.